The van der Waals surface area contributed by atoms with Crippen molar-refractivity contribution in [1.29, 1.82) is 0 Å². The summed E-state index contributed by atoms with van der Waals surface area (Å²) in [5.74, 6) is 1.28. The van der Waals surface area contributed by atoms with Gasteiger partial charge in [-0.3, -0.25) is 4.79 Å². The van der Waals surface area contributed by atoms with Crippen LogP contribution in [0.15, 0.2) is 46.9 Å². The molecule has 1 heterocycles. The topological polar surface area (TPSA) is 65.1 Å². The molecule has 0 unspecified atom stereocenters. The molecule has 1 aliphatic carbocycles. The maximum Gasteiger partial charge on any atom is 0.254 e. The van der Waals surface area contributed by atoms with Gasteiger partial charge >= 0.3 is 0 Å². The number of aromatic amines is 1. The fourth-order valence-electron chi connectivity index (χ4n) is 4.78. The Labute approximate surface area is 208 Å². The standard InChI is InChI=1S/C27H30BrClN2O2/c28-21-8-11-23-25(17-21)31-24(12-7-18-5-9-22(29)10-6-18)26(23)27(33)30-15-13-19-1-3-20(4-2-19)14-16-32/h5-12,17,19-20,31-32H,1-4,13-16H2,(H,30,33)/b12-7+. The number of halogens is 2. The molecule has 1 saturated carbocycles. The Balaban J connectivity index is 1.45. The van der Waals surface area contributed by atoms with Gasteiger partial charge in [-0.15, -0.1) is 0 Å². The van der Waals surface area contributed by atoms with Crippen molar-refractivity contribution in [3.63, 3.8) is 0 Å². The van der Waals surface area contributed by atoms with Crippen molar-refractivity contribution in [2.45, 2.75) is 38.5 Å². The van der Waals surface area contributed by atoms with Crippen molar-refractivity contribution in [2.24, 2.45) is 11.8 Å². The van der Waals surface area contributed by atoms with E-state index in [9.17, 15) is 4.79 Å². The van der Waals surface area contributed by atoms with Crippen LogP contribution in [-0.2, 0) is 0 Å². The number of hydrogen-bond acceptors (Lipinski definition) is 2. The molecule has 0 radical (unpaired) electrons. The molecule has 0 saturated heterocycles. The number of carbonyl (C=O) groups is 1. The van der Waals surface area contributed by atoms with Crippen LogP contribution in [-0.4, -0.2) is 29.1 Å². The number of aliphatic hydroxyl groups is 1. The highest BCUT2D eigenvalue weighted by Gasteiger charge is 2.22. The van der Waals surface area contributed by atoms with Gasteiger partial charge in [-0.25, -0.2) is 0 Å². The highest BCUT2D eigenvalue weighted by molar-refractivity contribution is 9.10. The Hall–Kier alpha value is -2.08. The zero-order valence-corrected chi connectivity index (χ0v) is 21.0. The number of rotatable bonds is 8. The van der Waals surface area contributed by atoms with Crippen LogP contribution in [0.2, 0.25) is 5.02 Å². The predicted octanol–water partition coefficient (Wildman–Crippen LogP) is 7.06. The molecule has 4 nitrogen and oxygen atoms in total. The van der Waals surface area contributed by atoms with Gasteiger partial charge in [0.15, 0.2) is 0 Å². The molecule has 1 aliphatic rings. The van der Waals surface area contributed by atoms with Gasteiger partial charge in [0.25, 0.3) is 5.91 Å². The van der Waals surface area contributed by atoms with Crippen LogP contribution < -0.4 is 5.32 Å². The average molecular weight is 530 g/mol. The second kappa shape index (κ2) is 11.4. The van der Waals surface area contributed by atoms with Crippen LogP contribution in [0.25, 0.3) is 23.1 Å². The molecule has 0 bridgehead atoms. The lowest BCUT2D eigenvalue weighted by atomic mass is 9.79. The van der Waals surface area contributed by atoms with E-state index in [2.05, 4.69) is 26.2 Å². The molecule has 174 valence electrons. The summed E-state index contributed by atoms with van der Waals surface area (Å²) in [6.07, 6.45) is 10.6. The minimum atomic E-state index is -0.0479. The summed E-state index contributed by atoms with van der Waals surface area (Å²) < 4.78 is 0.966. The van der Waals surface area contributed by atoms with Crippen LogP contribution >= 0.6 is 27.5 Å². The largest absolute Gasteiger partial charge is 0.396 e. The third kappa shape index (κ3) is 6.28. The predicted molar refractivity (Wildman–Crippen MR) is 140 cm³/mol. The zero-order valence-electron chi connectivity index (χ0n) is 18.6. The second-order valence-corrected chi connectivity index (χ2v) is 10.3. The molecule has 1 amide bonds. The summed E-state index contributed by atoms with van der Waals surface area (Å²) in [6, 6.07) is 13.6. The number of hydrogen-bond donors (Lipinski definition) is 3. The van der Waals surface area contributed by atoms with E-state index in [-0.39, 0.29) is 5.91 Å². The molecule has 2 aromatic carbocycles. The summed E-state index contributed by atoms with van der Waals surface area (Å²) in [5.41, 5.74) is 3.41. The lowest BCUT2D eigenvalue weighted by molar-refractivity contribution is 0.0950. The van der Waals surface area contributed by atoms with E-state index in [4.69, 9.17) is 16.7 Å². The van der Waals surface area contributed by atoms with Crippen molar-refractivity contribution in [1.82, 2.24) is 10.3 Å². The van der Waals surface area contributed by atoms with E-state index in [1.165, 1.54) is 25.7 Å². The van der Waals surface area contributed by atoms with Gasteiger partial charge in [-0.1, -0.05) is 77.5 Å². The average Bonchev–Trinajstić information content (AvgIpc) is 3.17. The smallest absolute Gasteiger partial charge is 0.254 e. The van der Waals surface area contributed by atoms with Gasteiger partial charge in [0.2, 0.25) is 0 Å². The number of benzene rings is 2. The first-order chi connectivity index (χ1) is 16.0. The Morgan fingerprint density at radius 2 is 1.76 bits per heavy atom. The first-order valence-corrected chi connectivity index (χ1v) is 12.8. The number of nitrogens with one attached hydrogen (secondary N) is 2. The number of amides is 1. The van der Waals surface area contributed by atoms with E-state index in [0.717, 1.165) is 39.5 Å². The van der Waals surface area contributed by atoms with Crippen LogP contribution in [0, 0.1) is 11.8 Å². The summed E-state index contributed by atoms with van der Waals surface area (Å²) in [5, 5.41) is 13.9. The molecule has 1 fully saturated rings. The normalized spacial score (nSPS) is 18.8. The maximum absolute atomic E-state index is 13.2. The van der Waals surface area contributed by atoms with Gasteiger partial charge in [0.1, 0.15) is 0 Å². The number of aliphatic hydroxyl groups excluding tert-OH is 1. The highest BCUT2D eigenvalue weighted by atomic mass is 79.9. The van der Waals surface area contributed by atoms with Gasteiger partial charge in [0, 0.05) is 33.5 Å². The van der Waals surface area contributed by atoms with Gasteiger partial charge in [-0.2, -0.15) is 0 Å². The van der Waals surface area contributed by atoms with Crippen molar-refractivity contribution in [2.75, 3.05) is 13.2 Å². The van der Waals surface area contributed by atoms with Crippen LogP contribution in [0.4, 0.5) is 0 Å². The summed E-state index contributed by atoms with van der Waals surface area (Å²) in [6.45, 7) is 0.971. The van der Waals surface area contributed by atoms with E-state index in [1.54, 1.807) is 0 Å². The van der Waals surface area contributed by atoms with Crippen LogP contribution in [0.5, 0.6) is 0 Å². The van der Waals surface area contributed by atoms with Crippen LogP contribution in [0.3, 0.4) is 0 Å². The Morgan fingerprint density at radius 1 is 1.06 bits per heavy atom. The molecule has 1 aromatic heterocycles. The molecule has 3 N–H and O–H groups in total. The van der Waals surface area contributed by atoms with Crippen molar-refractivity contribution in [3.8, 4) is 0 Å². The van der Waals surface area contributed by atoms with E-state index in [0.29, 0.717) is 35.6 Å². The van der Waals surface area contributed by atoms with E-state index >= 15 is 0 Å². The fraction of sp³-hybridized carbons (Fsp3) is 0.370. The fourth-order valence-corrected chi connectivity index (χ4v) is 5.27. The summed E-state index contributed by atoms with van der Waals surface area (Å²) in [4.78, 5) is 16.6. The van der Waals surface area contributed by atoms with Crippen molar-refractivity contribution < 1.29 is 9.90 Å². The lowest BCUT2D eigenvalue weighted by Gasteiger charge is -2.28. The van der Waals surface area contributed by atoms with Gasteiger partial charge in [0.05, 0.1) is 11.3 Å². The lowest BCUT2D eigenvalue weighted by Crippen LogP contribution is -2.27. The van der Waals surface area contributed by atoms with Gasteiger partial charge in [-0.05, 0) is 60.6 Å². The molecule has 3 aromatic rings. The number of aromatic nitrogens is 1. The van der Waals surface area contributed by atoms with Crippen molar-refractivity contribution >= 4 is 56.5 Å². The Kier molecular flexibility index (Phi) is 8.29. The number of H-pyrrole nitrogens is 1. The van der Waals surface area contributed by atoms with E-state index in [1.807, 2.05) is 54.6 Å². The third-order valence-electron chi connectivity index (χ3n) is 6.67. The zero-order chi connectivity index (χ0) is 23.2. The molecular formula is C27H30BrClN2O2. The quantitative estimate of drug-likeness (QED) is 0.292. The summed E-state index contributed by atoms with van der Waals surface area (Å²) >= 11 is 9.51. The maximum atomic E-state index is 13.2. The first-order valence-electron chi connectivity index (χ1n) is 11.7. The second-order valence-electron chi connectivity index (χ2n) is 8.93. The minimum absolute atomic E-state index is 0.0479. The monoisotopic (exact) mass is 528 g/mol. The third-order valence-corrected chi connectivity index (χ3v) is 7.42. The van der Waals surface area contributed by atoms with E-state index < -0.39 is 0 Å². The molecular weight excluding hydrogens is 500 g/mol. The molecule has 0 atom stereocenters. The minimum Gasteiger partial charge on any atom is -0.396 e. The molecule has 6 heteroatoms. The highest BCUT2D eigenvalue weighted by Crippen LogP contribution is 2.32. The molecule has 4 rings (SSSR count). The number of fused-ring (bicyclic) bond motifs is 1. The first kappa shape index (κ1) is 24.1. The van der Waals surface area contributed by atoms with Crippen LogP contribution in [0.1, 0.15) is 60.1 Å². The SMILES string of the molecule is O=C(NCCC1CCC(CCO)CC1)c1c(/C=C/c2ccc(Cl)cc2)[nH]c2cc(Br)ccc12. The summed E-state index contributed by atoms with van der Waals surface area (Å²) in [7, 11) is 0. The Morgan fingerprint density at radius 3 is 2.45 bits per heavy atom. The number of carbonyl (C=O) groups excluding carboxylic acids is 1. The Bertz CT molecular complexity index is 1120. The molecule has 33 heavy (non-hydrogen) atoms. The molecule has 0 spiro atoms. The molecule has 0 aliphatic heterocycles. The van der Waals surface area contributed by atoms with Gasteiger partial charge < -0.3 is 15.4 Å². The van der Waals surface area contributed by atoms with Crippen molar-refractivity contribution in [3.05, 3.63) is 68.8 Å².